The standard InChI is InChI=1S/C17H14BrClO3/c1-11-4-2-3-5-13(11)10-22-17-14(18)8-12(9-15(17)19)6-7-16(20)21/h2-9H,10H2,1H3,(H,20,21). The van der Waals surface area contributed by atoms with Crippen molar-refractivity contribution in [3.05, 3.63) is 68.7 Å². The van der Waals surface area contributed by atoms with E-state index in [1.807, 2.05) is 31.2 Å². The van der Waals surface area contributed by atoms with Crippen molar-refractivity contribution in [1.29, 1.82) is 0 Å². The number of ether oxygens (including phenoxy) is 1. The Balaban J connectivity index is 2.18. The second kappa shape index (κ2) is 7.47. The maximum Gasteiger partial charge on any atom is 0.328 e. The Morgan fingerprint density at radius 2 is 2.09 bits per heavy atom. The van der Waals surface area contributed by atoms with E-state index >= 15 is 0 Å². The first kappa shape index (κ1) is 16.6. The predicted molar refractivity (Wildman–Crippen MR) is 91.3 cm³/mol. The summed E-state index contributed by atoms with van der Waals surface area (Å²) < 4.78 is 6.48. The molecule has 0 aliphatic rings. The van der Waals surface area contributed by atoms with Crippen molar-refractivity contribution in [3.8, 4) is 5.75 Å². The number of halogens is 2. The van der Waals surface area contributed by atoms with E-state index in [0.717, 1.165) is 17.2 Å². The van der Waals surface area contributed by atoms with Gasteiger partial charge in [0.15, 0.2) is 5.75 Å². The molecule has 22 heavy (non-hydrogen) atoms. The summed E-state index contributed by atoms with van der Waals surface area (Å²) in [6.07, 6.45) is 2.54. The molecule has 1 N–H and O–H groups in total. The van der Waals surface area contributed by atoms with Crippen molar-refractivity contribution < 1.29 is 14.6 Å². The van der Waals surface area contributed by atoms with Crippen LogP contribution in [0.3, 0.4) is 0 Å². The third-order valence-corrected chi connectivity index (χ3v) is 3.94. The average Bonchev–Trinajstić information content (AvgIpc) is 2.46. The highest BCUT2D eigenvalue weighted by molar-refractivity contribution is 9.10. The lowest BCUT2D eigenvalue weighted by Gasteiger charge is -2.12. The normalized spacial score (nSPS) is 10.9. The SMILES string of the molecule is Cc1ccccc1COc1c(Cl)cc(C=CC(=O)O)cc1Br. The summed E-state index contributed by atoms with van der Waals surface area (Å²) in [4.78, 5) is 10.5. The number of aliphatic carboxylic acids is 1. The average molecular weight is 382 g/mol. The van der Waals surface area contributed by atoms with E-state index in [0.29, 0.717) is 27.4 Å². The molecule has 0 saturated heterocycles. The summed E-state index contributed by atoms with van der Waals surface area (Å²) in [6.45, 7) is 2.43. The molecule has 5 heteroatoms. The second-order valence-corrected chi connectivity index (χ2v) is 5.96. The number of hydrogen-bond donors (Lipinski definition) is 1. The molecule has 0 saturated carbocycles. The van der Waals surface area contributed by atoms with Crippen molar-refractivity contribution in [3.63, 3.8) is 0 Å². The molecule has 0 heterocycles. The van der Waals surface area contributed by atoms with Crippen LogP contribution in [-0.2, 0) is 11.4 Å². The van der Waals surface area contributed by atoms with Gasteiger partial charge in [0.2, 0.25) is 0 Å². The Morgan fingerprint density at radius 3 is 2.73 bits per heavy atom. The van der Waals surface area contributed by atoms with E-state index in [-0.39, 0.29) is 0 Å². The lowest BCUT2D eigenvalue weighted by Crippen LogP contribution is -1.99. The highest BCUT2D eigenvalue weighted by atomic mass is 79.9. The lowest BCUT2D eigenvalue weighted by atomic mass is 10.1. The van der Waals surface area contributed by atoms with Crippen molar-refractivity contribution in [2.24, 2.45) is 0 Å². The first-order valence-corrected chi connectivity index (χ1v) is 7.72. The highest BCUT2D eigenvalue weighted by Gasteiger charge is 2.09. The molecule has 0 aliphatic heterocycles. The van der Waals surface area contributed by atoms with E-state index in [4.69, 9.17) is 21.4 Å². The molecule has 0 aliphatic carbocycles. The van der Waals surface area contributed by atoms with Gasteiger partial charge in [0.25, 0.3) is 0 Å². The van der Waals surface area contributed by atoms with Crippen LogP contribution in [0.15, 0.2) is 46.9 Å². The van der Waals surface area contributed by atoms with Gasteiger partial charge in [-0.25, -0.2) is 4.79 Å². The molecule has 3 nitrogen and oxygen atoms in total. The lowest BCUT2D eigenvalue weighted by molar-refractivity contribution is -0.131. The summed E-state index contributed by atoms with van der Waals surface area (Å²) in [7, 11) is 0. The maximum absolute atomic E-state index is 10.5. The fraction of sp³-hybridized carbons (Fsp3) is 0.118. The first-order chi connectivity index (χ1) is 10.5. The summed E-state index contributed by atoms with van der Waals surface area (Å²) >= 11 is 9.63. The summed E-state index contributed by atoms with van der Waals surface area (Å²) in [5.74, 6) is -0.468. The van der Waals surface area contributed by atoms with Gasteiger partial charge in [0.1, 0.15) is 6.61 Å². The van der Waals surface area contributed by atoms with Gasteiger partial charge in [-0.1, -0.05) is 35.9 Å². The number of carboxylic acid groups (broad SMARTS) is 1. The molecule has 114 valence electrons. The largest absolute Gasteiger partial charge is 0.486 e. The molecule has 0 unspecified atom stereocenters. The molecule has 0 fully saturated rings. The van der Waals surface area contributed by atoms with Crippen LogP contribution in [0.25, 0.3) is 6.08 Å². The van der Waals surface area contributed by atoms with Crippen LogP contribution < -0.4 is 4.74 Å². The highest BCUT2D eigenvalue weighted by Crippen LogP contribution is 2.35. The first-order valence-electron chi connectivity index (χ1n) is 6.54. The Labute approximate surface area is 142 Å². The summed E-state index contributed by atoms with van der Waals surface area (Å²) in [6, 6.07) is 11.4. The minimum absolute atomic E-state index is 0.412. The molecule has 0 radical (unpaired) electrons. The zero-order chi connectivity index (χ0) is 16.1. The van der Waals surface area contributed by atoms with E-state index in [2.05, 4.69) is 15.9 Å². The van der Waals surface area contributed by atoms with Crippen LogP contribution in [0.4, 0.5) is 0 Å². The Bertz CT molecular complexity index is 703. The fourth-order valence-electron chi connectivity index (χ4n) is 1.90. The van der Waals surface area contributed by atoms with Crippen molar-refractivity contribution in [2.45, 2.75) is 13.5 Å². The predicted octanol–water partition coefficient (Wildman–Crippen LogP) is 5.09. The van der Waals surface area contributed by atoms with Gasteiger partial charge in [-0.2, -0.15) is 0 Å². The van der Waals surface area contributed by atoms with Gasteiger partial charge in [-0.3, -0.25) is 0 Å². The second-order valence-electron chi connectivity index (χ2n) is 4.70. The van der Waals surface area contributed by atoms with Crippen LogP contribution in [0, 0.1) is 6.92 Å². The zero-order valence-corrected chi connectivity index (χ0v) is 14.2. The van der Waals surface area contributed by atoms with E-state index in [1.165, 1.54) is 6.08 Å². The van der Waals surface area contributed by atoms with Crippen LogP contribution in [-0.4, -0.2) is 11.1 Å². The molecule has 0 atom stereocenters. The number of rotatable bonds is 5. The van der Waals surface area contributed by atoms with Crippen molar-refractivity contribution >= 4 is 39.6 Å². The van der Waals surface area contributed by atoms with E-state index < -0.39 is 5.97 Å². The molecule has 0 amide bonds. The molecule has 2 rings (SSSR count). The monoisotopic (exact) mass is 380 g/mol. The summed E-state index contributed by atoms with van der Waals surface area (Å²) in [5, 5.41) is 9.07. The molecule has 2 aromatic carbocycles. The third-order valence-electron chi connectivity index (χ3n) is 3.07. The number of benzene rings is 2. The van der Waals surface area contributed by atoms with E-state index in [1.54, 1.807) is 12.1 Å². The number of hydrogen-bond acceptors (Lipinski definition) is 2. The molecule has 0 aromatic heterocycles. The van der Waals surface area contributed by atoms with Gasteiger partial charge < -0.3 is 9.84 Å². The zero-order valence-electron chi connectivity index (χ0n) is 11.8. The maximum atomic E-state index is 10.5. The Morgan fingerprint density at radius 1 is 1.36 bits per heavy atom. The summed E-state index contributed by atoms with van der Waals surface area (Å²) in [5.41, 5.74) is 2.92. The van der Waals surface area contributed by atoms with Gasteiger partial charge in [-0.15, -0.1) is 0 Å². The van der Waals surface area contributed by atoms with Gasteiger partial charge in [0.05, 0.1) is 9.50 Å². The number of carboxylic acids is 1. The number of aryl methyl sites for hydroxylation is 1. The minimum Gasteiger partial charge on any atom is -0.486 e. The van der Waals surface area contributed by atoms with Crippen LogP contribution >= 0.6 is 27.5 Å². The molecule has 2 aromatic rings. The smallest absolute Gasteiger partial charge is 0.328 e. The van der Waals surface area contributed by atoms with Crippen LogP contribution in [0.1, 0.15) is 16.7 Å². The Hall–Kier alpha value is -1.78. The topological polar surface area (TPSA) is 46.5 Å². The minimum atomic E-state index is -1.01. The Kier molecular flexibility index (Phi) is 5.63. The van der Waals surface area contributed by atoms with Crippen LogP contribution in [0.2, 0.25) is 5.02 Å². The molecule has 0 spiro atoms. The van der Waals surface area contributed by atoms with Crippen LogP contribution in [0.5, 0.6) is 5.75 Å². The van der Waals surface area contributed by atoms with Gasteiger partial charge >= 0.3 is 5.97 Å². The number of carbonyl (C=O) groups is 1. The van der Waals surface area contributed by atoms with Crippen molar-refractivity contribution in [2.75, 3.05) is 0 Å². The molecular weight excluding hydrogens is 368 g/mol. The van der Waals surface area contributed by atoms with Gasteiger partial charge in [-0.05, 0) is 57.8 Å². The quantitative estimate of drug-likeness (QED) is 0.734. The fourth-order valence-corrected chi connectivity index (χ4v) is 2.89. The molecule has 0 bridgehead atoms. The van der Waals surface area contributed by atoms with E-state index in [9.17, 15) is 4.79 Å². The van der Waals surface area contributed by atoms with Gasteiger partial charge in [0, 0.05) is 6.08 Å². The molecular formula is C17H14BrClO3. The third kappa shape index (κ3) is 4.36. The van der Waals surface area contributed by atoms with Crippen molar-refractivity contribution in [1.82, 2.24) is 0 Å².